The van der Waals surface area contributed by atoms with Gasteiger partial charge >= 0.3 is 5.97 Å². The zero-order valence-corrected chi connectivity index (χ0v) is 14.6. The van der Waals surface area contributed by atoms with Gasteiger partial charge in [-0.3, -0.25) is 0 Å². The monoisotopic (exact) mass is 326 g/mol. The molecule has 1 aromatic rings. The van der Waals surface area contributed by atoms with Crippen LogP contribution in [0.1, 0.15) is 59.3 Å². The fraction of sp³-hybridized carbons (Fsp3) is 0.611. The maximum Gasteiger partial charge on any atom is 0.349 e. The Morgan fingerprint density at radius 1 is 1.05 bits per heavy atom. The summed E-state index contributed by atoms with van der Waals surface area (Å²) < 4.78 is 11.0. The second kappa shape index (κ2) is 9.73. The highest BCUT2D eigenvalue weighted by Gasteiger charge is 2.31. The van der Waals surface area contributed by atoms with Crippen LogP contribution in [0.3, 0.4) is 0 Å². The highest BCUT2D eigenvalue weighted by Crippen LogP contribution is 2.21. The number of benzene rings is 1. The van der Waals surface area contributed by atoms with E-state index in [2.05, 4.69) is 6.92 Å². The van der Waals surface area contributed by atoms with Crippen molar-refractivity contribution in [3.05, 3.63) is 29.3 Å². The second-order valence-electron chi connectivity index (χ2n) is 5.97. The van der Waals surface area contributed by atoms with Gasteiger partial charge in [0.15, 0.2) is 5.60 Å². The van der Waals surface area contributed by atoms with E-state index in [0.29, 0.717) is 17.4 Å². The molecule has 0 aliphatic heterocycles. The third-order valence-electron chi connectivity index (χ3n) is 3.41. The molecule has 0 N–H and O–H groups in total. The standard InChI is InChI=1S/C18H27ClO3/c1-4-5-6-7-8-9-14-21-17(20)18(2,3)22-16-12-10-15(19)11-13-16/h10-13H,4-9,14H2,1-3H3. The molecule has 0 aliphatic carbocycles. The first-order chi connectivity index (χ1) is 10.5. The molecule has 0 aromatic heterocycles. The van der Waals surface area contributed by atoms with E-state index in [-0.39, 0.29) is 5.97 Å². The van der Waals surface area contributed by atoms with Crippen LogP contribution in [0.25, 0.3) is 0 Å². The molecule has 0 radical (unpaired) electrons. The fourth-order valence-electron chi connectivity index (χ4n) is 2.06. The first-order valence-electron chi connectivity index (χ1n) is 8.07. The number of carbonyl (C=O) groups excluding carboxylic acids is 1. The van der Waals surface area contributed by atoms with Crippen molar-refractivity contribution in [2.24, 2.45) is 0 Å². The van der Waals surface area contributed by atoms with Crippen molar-refractivity contribution < 1.29 is 14.3 Å². The smallest absolute Gasteiger partial charge is 0.349 e. The van der Waals surface area contributed by atoms with Gasteiger partial charge in [0.05, 0.1) is 6.61 Å². The lowest BCUT2D eigenvalue weighted by molar-refractivity contribution is -0.159. The van der Waals surface area contributed by atoms with E-state index in [0.717, 1.165) is 12.8 Å². The Balaban J connectivity index is 2.29. The van der Waals surface area contributed by atoms with Crippen LogP contribution in [0, 0.1) is 0 Å². The molecule has 0 unspecified atom stereocenters. The Bertz CT molecular complexity index is 440. The van der Waals surface area contributed by atoms with Gasteiger partial charge in [-0.05, 0) is 44.5 Å². The van der Waals surface area contributed by atoms with Crippen molar-refractivity contribution >= 4 is 17.6 Å². The lowest BCUT2D eigenvalue weighted by Crippen LogP contribution is -2.39. The van der Waals surface area contributed by atoms with E-state index < -0.39 is 5.60 Å². The maximum absolute atomic E-state index is 12.1. The highest BCUT2D eigenvalue weighted by molar-refractivity contribution is 6.30. The minimum absolute atomic E-state index is 0.337. The Kier molecular flexibility index (Phi) is 8.32. The Morgan fingerprint density at radius 2 is 1.64 bits per heavy atom. The van der Waals surface area contributed by atoms with Crippen molar-refractivity contribution in [2.75, 3.05) is 6.61 Å². The van der Waals surface area contributed by atoms with Crippen molar-refractivity contribution in [2.45, 2.75) is 64.9 Å². The predicted octanol–water partition coefficient (Wildman–Crippen LogP) is 5.40. The molecule has 22 heavy (non-hydrogen) atoms. The first kappa shape index (κ1) is 18.8. The predicted molar refractivity (Wildman–Crippen MR) is 90.5 cm³/mol. The molecule has 0 aliphatic rings. The SMILES string of the molecule is CCCCCCCCOC(=O)C(C)(C)Oc1ccc(Cl)cc1. The quantitative estimate of drug-likeness (QED) is 0.426. The second-order valence-corrected chi connectivity index (χ2v) is 6.41. The van der Waals surface area contributed by atoms with Crippen molar-refractivity contribution in [3.8, 4) is 5.75 Å². The summed E-state index contributed by atoms with van der Waals surface area (Å²) in [6.07, 6.45) is 7.00. The zero-order chi connectivity index (χ0) is 16.4. The van der Waals surface area contributed by atoms with Crippen LogP contribution in [0.5, 0.6) is 5.75 Å². The summed E-state index contributed by atoms with van der Waals surface area (Å²) in [5, 5.41) is 0.635. The van der Waals surface area contributed by atoms with Gasteiger partial charge in [0.2, 0.25) is 0 Å². The molecular formula is C18H27ClO3. The normalized spacial score (nSPS) is 11.3. The van der Waals surface area contributed by atoms with Gasteiger partial charge in [0, 0.05) is 5.02 Å². The first-order valence-corrected chi connectivity index (χ1v) is 8.45. The third kappa shape index (κ3) is 7.17. The number of hydrogen-bond donors (Lipinski definition) is 0. The average molecular weight is 327 g/mol. The van der Waals surface area contributed by atoms with E-state index >= 15 is 0 Å². The molecule has 0 heterocycles. The van der Waals surface area contributed by atoms with E-state index in [1.807, 2.05) is 0 Å². The molecule has 0 amide bonds. The topological polar surface area (TPSA) is 35.5 Å². The van der Waals surface area contributed by atoms with Gasteiger partial charge in [-0.25, -0.2) is 4.79 Å². The summed E-state index contributed by atoms with van der Waals surface area (Å²) in [6, 6.07) is 6.94. The molecule has 0 spiro atoms. The fourth-order valence-corrected chi connectivity index (χ4v) is 2.19. The van der Waals surface area contributed by atoms with Gasteiger partial charge in [0.1, 0.15) is 5.75 Å². The number of carbonyl (C=O) groups is 1. The summed E-state index contributed by atoms with van der Waals surface area (Å²) >= 11 is 5.83. The van der Waals surface area contributed by atoms with Crippen LogP contribution < -0.4 is 4.74 Å². The van der Waals surface area contributed by atoms with E-state index in [9.17, 15) is 4.79 Å². The van der Waals surface area contributed by atoms with Crippen LogP contribution in [0.4, 0.5) is 0 Å². The molecule has 1 rings (SSSR count). The number of rotatable bonds is 10. The molecule has 0 saturated heterocycles. The number of hydrogen-bond acceptors (Lipinski definition) is 3. The van der Waals surface area contributed by atoms with Crippen molar-refractivity contribution in [1.82, 2.24) is 0 Å². The number of unbranched alkanes of at least 4 members (excludes halogenated alkanes) is 5. The van der Waals surface area contributed by atoms with Gasteiger partial charge in [0.25, 0.3) is 0 Å². The Labute approximate surface area is 139 Å². The molecule has 0 fully saturated rings. The van der Waals surface area contributed by atoms with Crippen LogP contribution in [0.15, 0.2) is 24.3 Å². The van der Waals surface area contributed by atoms with Crippen molar-refractivity contribution in [1.29, 1.82) is 0 Å². The average Bonchev–Trinajstić information content (AvgIpc) is 2.48. The van der Waals surface area contributed by atoms with Gasteiger partial charge in [-0.1, -0.05) is 50.6 Å². The van der Waals surface area contributed by atoms with Crippen LogP contribution in [0.2, 0.25) is 5.02 Å². The third-order valence-corrected chi connectivity index (χ3v) is 3.66. The van der Waals surface area contributed by atoms with Crippen LogP contribution in [-0.4, -0.2) is 18.2 Å². The summed E-state index contributed by atoms with van der Waals surface area (Å²) in [5.41, 5.74) is -1.00. The zero-order valence-electron chi connectivity index (χ0n) is 13.9. The van der Waals surface area contributed by atoms with Crippen LogP contribution in [-0.2, 0) is 9.53 Å². The van der Waals surface area contributed by atoms with Gasteiger partial charge in [-0.2, -0.15) is 0 Å². The molecular weight excluding hydrogens is 300 g/mol. The minimum atomic E-state index is -1.00. The van der Waals surface area contributed by atoms with E-state index in [4.69, 9.17) is 21.1 Å². The van der Waals surface area contributed by atoms with Crippen molar-refractivity contribution in [3.63, 3.8) is 0 Å². The molecule has 0 bridgehead atoms. The summed E-state index contributed by atoms with van der Waals surface area (Å²) in [6.45, 7) is 6.08. The molecule has 3 nitrogen and oxygen atoms in total. The minimum Gasteiger partial charge on any atom is -0.476 e. The lowest BCUT2D eigenvalue weighted by Gasteiger charge is -2.24. The van der Waals surface area contributed by atoms with Crippen LogP contribution >= 0.6 is 11.6 Å². The largest absolute Gasteiger partial charge is 0.476 e. The highest BCUT2D eigenvalue weighted by atomic mass is 35.5. The number of ether oxygens (including phenoxy) is 2. The number of esters is 1. The molecule has 0 atom stereocenters. The molecule has 124 valence electrons. The molecule has 4 heteroatoms. The Morgan fingerprint density at radius 3 is 2.27 bits per heavy atom. The summed E-state index contributed by atoms with van der Waals surface area (Å²) in [7, 11) is 0. The van der Waals surface area contributed by atoms with Gasteiger partial charge in [-0.15, -0.1) is 0 Å². The molecule has 0 saturated carbocycles. The summed E-state index contributed by atoms with van der Waals surface area (Å²) in [5.74, 6) is 0.266. The maximum atomic E-state index is 12.1. The lowest BCUT2D eigenvalue weighted by atomic mass is 10.1. The van der Waals surface area contributed by atoms with Gasteiger partial charge < -0.3 is 9.47 Å². The van der Waals surface area contributed by atoms with E-state index in [1.54, 1.807) is 38.1 Å². The van der Waals surface area contributed by atoms with E-state index in [1.165, 1.54) is 25.7 Å². The summed E-state index contributed by atoms with van der Waals surface area (Å²) in [4.78, 5) is 12.1. The molecule has 1 aromatic carbocycles. The Hall–Kier alpha value is -1.22. The number of halogens is 1.